The molecule has 8 aromatic rings. The lowest BCUT2D eigenvalue weighted by Gasteiger charge is -2.33. The maximum atomic E-state index is 4.28. The third-order valence-electron chi connectivity index (χ3n) is 10.9. The Morgan fingerprint density at radius 3 is 1.67 bits per heavy atom. The largest absolute Gasteiger partial charge is 0.356 e. The van der Waals surface area contributed by atoms with Crippen molar-refractivity contribution in [2.75, 3.05) is 20.0 Å². The molecule has 0 radical (unpaired) electrons. The Bertz CT molecular complexity index is 2840. The highest BCUT2D eigenvalue weighted by Gasteiger charge is 2.20. The average Bonchev–Trinajstić information content (AvgIpc) is 3.31. The van der Waals surface area contributed by atoms with Crippen LogP contribution < -0.4 is 20.0 Å². The van der Waals surface area contributed by atoms with Crippen molar-refractivity contribution in [1.29, 1.82) is 0 Å². The first kappa shape index (κ1) is 37.7. The van der Waals surface area contributed by atoms with Gasteiger partial charge in [-0.15, -0.1) is 0 Å². The van der Waals surface area contributed by atoms with Crippen LogP contribution in [0.15, 0.2) is 255 Å². The fraction of sp³-hybridized carbons (Fsp3) is 0.0357. The normalized spacial score (nSPS) is 13.7. The zero-order valence-electron chi connectivity index (χ0n) is 33.4. The maximum Gasteiger partial charge on any atom is 0.0559 e. The van der Waals surface area contributed by atoms with Crippen molar-refractivity contribution in [1.82, 2.24) is 0 Å². The molecule has 8 aromatic carbocycles. The minimum absolute atomic E-state index is 0.195. The van der Waals surface area contributed by atoms with Crippen LogP contribution in [0.3, 0.4) is 0 Å². The summed E-state index contributed by atoms with van der Waals surface area (Å²) in [5.41, 5.74) is 9.51. The summed E-state index contributed by atoms with van der Waals surface area (Å²) >= 11 is 0. The van der Waals surface area contributed by atoms with Crippen LogP contribution in [0.2, 0.25) is 0 Å². The molecule has 0 aliphatic heterocycles. The number of nitrogens with one attached hydrogen (secondary N) is 1. The molecule has 1 N–H and O–H groups in total. The standard InChI is InChI=1S/C56H46N4/c1-2-49(59(52-23-8-4-9-24-52)55-32-28-43-17-12-14-19-45(43)41-55)27-16-40-58(50-34-30-48(31-35-50)57-47-21-6-3-7-22-47)51-36-38-54(39-37-51)60(53-25-10-5-11-26-53)56-33-29-44-18-13-15-20-46(44)42-56/h2-25,27-42,53,57H,1,26H2/b40-16+,49-27+. The van der Waals surface area contributed by atoms with Gasteiger partial charge in [-0.1, -0.05) is 128 Å². The van der Waals surface area contributed by atoms with Gasteiger partial charge in [0.2, 0.25) is 0 Å². The molecule has 0 saturated heterocycles. The number of fused-ring (bicyclic) bond motifs is 2. The topological polar surface area (TPSA) is 21.8 Å². The molecule has 0 bridgehead atoms. The summed E-state index contributed by atoms with van der Waals surface area (Å²) < 4.78 is 0. The van der Waals surface area contributed by atoms with Gasteiger partial charge >= 0.3 is 0 Å². The van der Waals surface area contributed by atoms with Gasteiger partial charge in [0.15, 0.2) is 0 Å². The van der Waals surface area contributed by atoms with Crippen molar-refractivity contribution in [3.05, 3.63) is 255 Å². The van der Waals surface area contributed by atoms with Gasteiger partial charge in [0.1, 0.15) is 0 Å². The van der Waals surface area contributed by atoms with Crippen molar-refractivity contribution < 1.29 is 0 Å². The van der Waals surface area contributed by atoms with Crippen molar-refractivity contribution in [2.24, 2.45) is 0 Å². The van der Waals surface area contributed by atoms with E-state index in [1.165, 1.54) is 27.2 Å². The highest BCUT2D eigenvalue weighted by atomic mass is 15.2. The molecule has 9 rings (SSSR count). The van der Waals surface area contributed by atoms with Crippen molar-refractivity contribution in [3.63, 3.8) is 0 Å². The molecule has 60 heavy (non-hydrogen) atoms. The van der Waals surface area contributed by atoms with Gasteiger partial charge in [-0.2, -0.15) is 0 Å². The monoisotopic (exact) mass is 774 g/mol. The highest BCUT2D eigenvalue weighted by molar-refractivity contribution is 5.89. The van der Waals surface area contributed by atoms with Crippen molar-refractivity contribution >= 4 is 67.0 Å². The Kier molecular flexibility index (Phi) is 11.2. The van der Waals surface area contributed by atoms with E-state index in [0.717, 1.165) is 51.9 Å². The molecule has 0 aromatic heterocycles. The third-order valence-corrected chi connectivity index (χ3v) is 10.9. The molecule has 0 heterocycles. The first-order valence-electron chi connectivity index (χ1n) is 20.5. The van der Waals surface area contributed by atoms with E-state index < -0.39 is 0 Å². The second-order valence-corrected chi connectivity index (χ2v) is 14.8. The molecule has 4 nitrogen and oxygen atoms in total. The lowest BCUT2D eigenvalue weighted by molar-refractivity contribution is 0.785. The Hall–Kier alpha value is -7.82. The molecule has 0 saturated carbocycles. The van der Waals surface area contributed by atoms with E-state index in [1.54, 1.807) is 0 Å². The van der Waals surface area contributed by atoms with E-state index in [4.69, 9.17) is 0 Å². The number of rotatable bonds is 13. The molecular formula is C56H46N4. The van der Waals surface area contributed by atoms with Gasteiger partial charge in [0.25, 0.3) is 0 Å². The van der Waals surface area contributed by atoms with Gasteiger partial charge in [0.05, 0.1) is 6.04 Å². The molecule has 0 spiro atoms. The number of nitrogens with zero attached hydrogens (tertiary/aromatic N) is 3. The fourth-order valence-corrected chi connectivity index (χ4v) is 7.91. The van der Waals surface area contributed by atoms with Crippen LogP contribution in [-0.4, -0.2) is 6.04 Å². The second kappa shape index (κ2) is 17.8. The average molecular weight is 775 g/mol. The summed E-state index contributed by atoms with van der Waals surface area (Å²) in [5, 5.41) is 8.39. The first-order chi connectivity index (χ1) is 29.7. The summed E-state index contributed by atoms with van der Waals surface area (Å²) in [6.45, 7) is 4.28. The van der Waals surface area contributed by atoms with E-state index in [1.807, 2.05) is 30.3 Å². The number of hydrogen-bond acceptors (Lipinski definition) is 4. The third kappa shape index (κ3) is 8.40. The molecule has 1 atom stereocenters. The molecule has 290 valence electrons. The summed E-state index contributed by atoms with van der Waals surface area (Å²) in [6, 6.07) is 68.8. The Morgan fingerprint density at radius 2 is 1.03 bits per heavy atom. The van der Waals surface area contributed by atoms with Crippen LogP contribution in [0.1, 0.15) is 6.42 Å². The SMILES string of the molecule is C=C/C(=C\C=C\N(c1ccc(Nc2ccccc2)cc1)c1ccc(N(c2ccc3ccccc3c2)C2C=CC=CC2)cc1)N(c1ccccc1)c1ccc2ccccc2c1. The van der Waals surface area contributed by atoms with E-state index >= 15 is 0 Å². The van der Waals surface area contributed by atoms with Gasteiger partial charge < -0.3 is 20.0 Å². The van der Waals surface area contributed by atoms with E-state index in [-0.39, 0.29) is 6.04 Å². The minimum atomic E-state index is 0.195. The molecule has 0 amide bonds. The predicted molar refractivity (Wildman–Crippen MR) is 257 cm³/mol. The minimum Gasteiger partial charge on any atom is -0.356 e. The zero-order chi connectivity index (χ0) is 40.5. The Balaban J connectivity index is 1.08. The highest BCUT2D eigenvalue weighted by Crippen LogP contribution is 2.37. The molecule has 1 aliphatic rings. The van der Waals surface area contributed by atoms with Crippen LogP contribution in [0.4, 0.5) is 45.5 Å². The van der Waals surface area contributed by atoms with Crippen LogP contribution in [-0.2, 0) is 0 Å². The number of anilines is 8. The molecular weight excluding hydrogens is 729 g/mol. The molecule has 1 unspecified atom stereocenters. The van der Waals surface area contributed by atoms with Crippen LogP contribution in [0, 0.1) is 0 Å². The fourth-order valence-electron chi connectivity index (χ4n) is 7.91. The lowest BCUT2D eigenvalue weighted by atomic mass is 10.0. The van der Waals surface area contributed by atoms with Crippen LogP contribution >= 0.6 is 0 Å². The number of para-hydroxylation sites is 2. The first-order valence-corrected chi connectivity index (χ1v) is 20.5. The molecule has 1 aliphatic carbocycles. The summed E-state index contributed by atoms with van der Waals surface area (Å²) in [5.74, 6) is 0. The lowest BCUT2D eigenvalue weighted by Crippen LogP contribution is -2.29. The van der Waals surface area contributed by atoms with Gasteiger partial charge in [-0.05, 0) is 143 Å². The van der Waals surface area contributed by atoms with Gasteiger partial charge in [-0.25, -0.2) is 0 Å². The zero-order valence-corrected chi connectivity index (χ0v) is 33.4. The van der Waals surface area contributed by atoms with Crippen molar-refractivity contribution in [3.8, 4) is 0 Å². The van der Waals surface area contributed by atoms with E-state index in [9.17, 15) is 0 Å². The van der Waals surface area contributed by atoms with Crippen LogP contribution in [0.5, 0.6) is 0 Å². The Morgan fingerprint density at radius 1 is 0.500 bits per heavy atom. The van der Waals surface area contributed by atoms with Gasteiger partial charge in [-0.3, -0.25) is 0 Å². The van der Waals surface area contributed by atoms with Gasteiger partial charge in [0, 0.05) is 57.4 Å². The second-order valence-electron chi connectivity index (χ2n) is 14.8. The molecule has 4 heteroatoms. The number of hydrogen-bond donors (Lipinski definition) is 1. The smallest absolute Gasteiger partial charge is 0.0559 e. The summed E-state index contributed by atoms with van der Waals surface area (Å²) in [7, 11) is 0. The summed E-state index contributed by atoms with van der Waals surface area (Å²) in [6.07, 6.45) is 18.1. The number of allylic oxidation sites excluding steroid dienone is 5. The van der Waals surface area contributed by atoms with Crippen molar-refractivity contribution in [2.45, 2.75) is 12.5 Å². The quantitative estimate of drug-likeness (QED) is 0.118. The van der Waals surface area contributed by atoms with E-state index in [2.05, 4.69) is 239 Å². The van der Waals surface area contributed by atoms with Crippen LogP contribution in [0.25, 0.3) is 21.5 Å². The number of benzene rings is 8. The molecule has 0 fully saturated rings. The summed E-state index contributed by atoms with van der Waals surface area (Å²) in [4.78, 5) is 6.94. The Labute approximate surface area is 353 Å². The predicted octanol–water partition coefficient (Wildman–Crippen LogP) is 15.3. The maximum absolute atomic E-state index is 4.28. The van der Waals surface area contributed by atoms with E-state index in [0.29, 0.717) is 0 Å².